The summed E-state index contributed by atoms with van der Waals surface area (Å²) >= 11 is 0. The quantitative estimate of drug-likeness (QED) is 0.439. The summed E-state index contributed by atoms with van der Waals surface area (Å²) in [5.74, 6) is -0.763. The fourth-order valence-electron chi connectivity index (χ4n) is 5.10. The SMILES string of the molecule is CC(C)C[C@H](CNC(=O)C1(CNC(=O)OCC2c3ccccc3-c3ccccc32)CC1)CC(=O)O. The molecule has 2 aromatic carbocycles. The lowest BCUT2D eigenvalue weighted by Crippen LogP contribution is -2.42. The molecule has 7 nitrogen and oxygen atoms in total. The molecule has 0 heterocycles. The number of ether oxygens (including phenoxy) is 1. The molecule has 0 bridgehead atoms. The number of carboxylic acid groups (broad SMARTS) is 1. The Bertz CT molecular complexity index is 1050. The molecule has 0 aliphatic heterocycles. The lowest BCUT2D eigenvalue weighted by molar-refractivity contribution is -0.138. The molecule has 2 aliphatic rings. The lowest BCUT2D eigenvalue weighted by Gasteiger charge is -2.21. The normalized spacial score (nSPS) is 16.2. The number of hydrogen-bond acceptors (Lipinski definition) is 4. The molecule has 186 valence electrons. The standard InChI is InChI=1S/C28H34N2O5/c1-18(2)13-19(14-25(31)32)15-29-26(33)28(11-12-28)17-30-27(34)35-16-24-22-9-5-3-7-20(22)21-8-4-6-10-23(21)24/h3-10,18-19,24H,11-17H2,1-2H3,(H,29,33)(H,30,34)(H,31,32)/t19-/m0/s1. The third kappa shape index (κ3) is 5.84. The van der Waals surface area contributed by atoms with Crippen molar-refractivity contribution in [2.75, 3.05) is 19.7 Å². The first kappa shape index (κ1) is 24.8. The van der Waals surface area contributed by atoms with Crippen molar-refractivity contribution in [2.24, 2.45) is 17.3 Å². The Morgan fingerprint density at radius 3 is 2.14 bits per heavy atom. The number of fused-ring (bicyclic) bond motifs is 3. The van der Waals surface area contributed by atoms with Crippen LogP contribution in [0.3, 0.4) is 0 Å². The maximum Gasteiger partial charge on any atom is 0.407 e. The van der Waals surface area contributed by atoms with E-state index >= 15 is 0 Å². The minimum Gasteiger partial charge on any atom is -0.481 e. The number of amides is 2. The maximum absolute atomic E-state index is 12.8. The second-order valence-corrected chi connectivity index (χ2v) is 10.3. The smallest absolute Gasteiger partial charge is 0.407 e. The second kappa shape index (κ2) is 10.5. The average molecular weight is 479 g/mol. The predicted octanol–water partition coefficient (Wildman–Crippen LogP) is 4.56. The molecule has 0 aromatic heterocycles. The van der Waals surface area contributed by atoms with E-state index in [2.05, 4.69) is 34.9 Å². The van der Waals surface area contributed by atoms with Crippen LogP contribution in [0.2, 0.25) is 0 Å². The van der Waals surface area contributed by atoms with Crippen molar-refractivity contribution in [3.63, 3.8) is 0 Å². The van der Waals surface area contributed by atoms with Crippen LogP contribution in [-0.2, 0) is 14.3 Å². The molecular formula is C28H34N2O5. The zero-order chi connectivity index (χ0) is 25.0. The van der Waals surface area contributed by atoms with Crippen LogP contribution >= 0.6 is 0 Å². The van der Waals surface area contributed by atoms with Gasteiger partial charge in [0.25, 0.3) is 0 Å². The Balaban J connectivity index is 1.27. The van der Waals surface area contributed by atoms with E-state index in [1.54, 1.807) is 0 Å². The van der Waals surface area contributed by atoms with Crippen molar-refractivity contribution in [1.82, 2.24) is 10.6 Å². The lowest BCUT2D eigenvalue weighted by atomic mass is 9.93. The molecule has 0 radical (unpaired) electrons. The van der Waals surface area contributed by atoms with Crippen molar-refractivity contribution >= 4 is 18.0 Å². The van der Waals surface area contributed by atoms with Crippen molar-refractivity contribution in [2.45, 2.75) is 45.4 Å². The first-order valence-electron chi connectivity index (χ1n) is 12.4. The van der Waals surface area contributed by atoms with Crippen LogP contribution in [0, 0.1) is 17.3 Å². The zero-order valence-corrected chi connectivity index (χ0v) is 20.4. The molecule has 1 atom stereocenters. The predicted molar refractivity (Wildman–Crippen MR) is 133 cm³/mol. The van der Waals surface area contributed by atoms with Crippen LogP contribution in [0.15, 0.2) is 48.5 Å². The molecule has 2 amide bonds. The molecule has 7 heteroatoms. The van der Waals surface area contributed by atoms with Gasteiger partial charge in [-0.05, 0) is 53.4 Å². The molecule has 2 aromatic rings. The average Bonchev–Trinajstić information content (AvgIpc) is 3.56. The molecule has 35 heavy (non-hydrogen) atoms. The van der Waals surface area contributed by atoms with Gasteiger partial charge in [0.2, 0.25) is 5.91 Å². The zero-order valence-electron chi connectivity index (χ0n) is 20.4. The molecular weight excluding hydrogens is 444 g/mol. The summed E-state index contributed by atoms with van der Waals surface area (Å²) in [6.45, 7) is 4.85. The van der Waals surface area contributed by atoms with E-state index in [0.29, 0.717) is 25.3 Å². The number of hydrogen-bond donors (Lipinski definition) is 3. The fraction of sp³-hybridized carbons (Fsp3) is 0.464. The molecule has 1 saturated carbocycles. The number of carboxylic acids is 1. The minimum absolute atomic E-state index is 0.0153. The van der Waals surface area contributed by atoms with Crippen LogP contribution in [0.5, 0.6) is 0 Å². The molecule has 0 spiro atoms. The Morgan fingerprint density at radius 1 is 1.00 bits per heavy atom. The second-order valence-electron chi connectivity index (χ2n) is 10.3. The van der Waals surface area contributed by atoms with E-state index in [-0.39, 0.29) is 37.3 Å². The summed E-state index contributed by atoms with van der Waals surface area (Å²) in [5, 5.41) is 14.8. The summed E-state index contributed by atoms with van der Waals surface area (Å²) in [6, 6.07) is 16.3. The van der Waals surface area contributed by atoms with E-state index in [4.69, 9.17) is 9.84 Å². The Hall–Kier alpha value is -3.35. The van der Waals surface area contributed by atoms with Crippen LogP contribution in [0.4, 0.5) is 4.79 Å². The van der Waals surface area contributed by atoms with E-state index in [1.807, 2.05) is 38.1 Å². The molecule has 0 unspecified atom stereocenters. The summed E-state index contributed by atoms with van der Waals surface area (Å²) in [4.78, 5) is 36.4. The fourth-order valence-corrected chi connectivity index (χ4v) is 5.10. The van der Waals surface area contributed by atoms with Gasteiger partial charge in [-0.2, -0.15) is 0 Å². The highest BCUT2D eigenvalue weighted by Gasteiger charge is 2.50. The van der Waals surface area contributed by atoms with Gasteiger partial charge in [-0.15, -0.1) is 0 Å². The molecule has 0 saturated heterocycles. The van der Waals surface area contributed by atoms with Gasteiger partial charge in [0.05, 0.1) is 5.41 Å². The first-order valence-corrected chi connectivity index (χ1v) is 12.4. The third-order valence-corrected chi connectivity index (χ3v) is 7.07. The molecule has 3 N–H and O–H groups in total. The summed E-state index contributed by atoms with van der Waals surface area (Å²) < 4.78 is 5.58. The topological polar surface area (TPSA) is 105 Å². The summed E-state index contributed by atoms with van der Waals surface area (Å²) in [6.07, 6.45) is 1.61. The van der Waals surface area contributed by atoms with Gasteiger partial charge in [0.1, 0.15) is 6.61 Å². The number of aliphatic carboxylic acids is 1. The van der Waals surface area contributed by atoms with Crippen molar-refractivity contribution < 1.29 is 24.2 Å². The summed E-state index contributed by atoms with van der Waals surface area (Å²) in [7, 11) is 0. The van der Waals surface area contributed by atoms with Crippen LogP contribution in [0.1, 0.15) is 56.6 Å². The van der Waals surface area contributed by atoms with Gasteiger partial charge in [-0.3, -0.25) is 9.59 Å². The number of carbonyl (C=O) groups is 3. The molecule has 1 fully saturated rings. The van der Waals surface area contributed by atoms with Gasteiger partial charge in [0.15, 0.2) is 0 Å². The highest BCUT2D eigenvalue weighted by molar-refractivity contribution is 5.86. The number of carbonyl (C=O) groups excluding carboxylic acids is 2. The number of alkyl carbamates (subject to hydrolysis) is 1. The van der Waals surface area contributed by atoms with Crippen LogP contribution in [0.25, 0.3) is 11.1 Å². The molecule has 4 rings (SSSR count). The van der Waals surface area contributed by atoms with Gasteiger partial charge in [0, 0.05) is 25.4 Å². The number of nitrogens with one attached hydrogen (secondary N) is 2. The van der Waals surface area contributed by atoms with Crippen LogP contribution in [-0.4, -0.2) is 42.8 Å². The Morgan fingerprint density at radius 2 is 1.60 bits per heavy atom. The Kier molecular flexibility index (Phi) is 7.43. The molecule has 2 aliphatic carbocycles. The monoisotopic (exact) mass is 478 g/mol. The minimum atomic E-state index is -0.858. The van der Waals surface area contributed by atoms with Crippen LogP contribution < -0.4 is 10.6 Å². The van der Waals surface area contributed by atoms with Gasteiger partial charge in [-0.1, -0.05) is 62.4 Å². The number of benzene rings is 2. The van der Waals surface area contributed by atoms with Crippen molar-refractivity contribution in [1.29, 1.82) is 0 Å². The van der Waals surface area contributed by atoms with Crippen molar-refractivity contribution in [3.05, 3.63) is 59.7 Å². The van der Waals surface area contributed by atoms with Gasteiger partial charge < -0.3 is 20.5 Å². The third-order valence-electron chi connectivity index (χ3n) is 7.07. The maximum atomic E-state index is 12.8. The highest BCUT2D eigenvalue weighted by atomic mass is 16.5. The summed E-state index contributed by atoms with van der Waals surface area (Å²) in [5.41, 5.74) is 4.01. The Labute approximate surface area is 206 Å². The highest BCUT2D eigenvalue weighted by Crippen LogP contribution is 2.46. The first-order chi connectivity index (χ1) is 16.8. The van der Waals surface area contributed by atoms with Gasteiger partial charge in [-0.25, -0.2) is 4.79 Å². The van der Waals surface area contributed by atoms with E-state index in [0.717, 1.165) is 17.5 Å². The van der Waals surface area contributed by atoms with E-state index < -0.39 is 17.5 Å². The van der Waals surface area contributed by atoms with Crippen molar-refractivity contribution in [3.8, 4) is 11.1 Å². The van der Waals surface area contributed by atoms with E-state index in [9.17, 15) is 14.4 Å². The largest absolute Gasteiger partial charge is 0.481 e. The van der Waals surface area contributed by atoms with Gasteiger partial charge >= 0.3 is 12.1 Å². The van der Waals surface area contributed by atoms with E-state index in [1.165, 1.54) is 11.1 Å². The number of rotatable bonds is 11.